The van der Waals surface area contributed by atoms with E-state index >= 15 is 0 Å². The van der Waals surface area contributed by atoms with Crippen LogP contribution in [0.15, 0.2) is 46.5 Å². The van der Waals surface area contributed by atoms with E-state index in [1.807, 2.05) is 16.8 Å². The third-order valence-electron chi connectivity index (χ3n) is 3.50. The number of carbonyl (C=O) groups excluding carboxylic acids is 2. The van der Waals surface area contributed by atoms with Crippen LogP contribution in [0.5, 0.6) is 5.75 Å². The summed E-state index contributed by atoms with van der Waals surface area (Å²) >= 11 is 3.03. The van der Waals surface area contributed by atoms with Crippen molar-refractivity contribution in [3.8, 4) is 16.3 Å². The molecule has 0 spiro atoms. The first-order chi connectivity index (χ1) is 13.0. The van der Waals surface area contributed by atoms with Crippen LogP contribution in [0.4, 0.5) is 4.39 Å². The van der Waals surface area contributed by atoms with Gasteiger partial charge in [-0.05, 0) is 30.5 Å². The zero-order valence-corrected chi connectivity index (χ0v) is 15.9. The molecule has 0 aliphatic rings. The fourth-order valence-corrected chi connectivity index (χ4v) is 3.66. The fourth-order valence-electron chi connectivity index (χ4n) is 2.13. The van der Waals surface area contributed by atoms with Gasteiger partial charge in [0.1, 0.15) is 5.01 Å². The lowest BCUT2D eigenvalue weighted by molar-refractivity contribution is -0.132. The van der Waals surface area contributed by atoms with Gasteiger partial charge < -0.3 is 4.74 Å². The van der Waals surface area contributed by atoms with Crippen LogP contribution in [0.1, 0.15) is 12.6 Å². The smallest absolute Gasteiger partial charge is 0.279 e. The number of para-hydroxylation sites is 1. The minimum Gasteiger partial charge on any atom is -0.478 e. The van der Waals surface area contributed by atoms with E-state index in [-0.39, 0.29) is 12.2 Å². The molecule has 0 radical (unpaired) electrons. The number of nitrogens with zero attached hydrogens (tertiary/aromatic N) is 1. The van der Waals surface area contributed by atoms with Gasteiger partial charge in [0.25, 0.3) is 5.91 Å². The maximum Gasteiger partial charge on any atom is 0.279 e. The first-order valence-corrected chi connectivity index (χ1v) is 9.82. The van der Waals surface area contributed by atoms with Crippen molar-refractivity contribution >= 4 is 34.5 Å². The van der Waals surface area contributed by atoms with Crippen LogP contribution in [0.25, 0.3) is 10.6 Å². The van der Waals surface area contributed by atoms with Gasteiger partial charge in [-0.25, -0.2) is 9.37 Å². The number of amides is 2. The maximum atomic E-state index is 13.5. The van der Waals surface area contributed by atoms with Crippen molar-refractivity contribution in [3.63, 3.8) is 0 Å². The van der Waals surface area contributed by atoms with Gasteiger partial charge in [-0.15, -0.1) is 11.3 Å². The summed E-state index contributed by atoms with van der Waals surface area (Å²) in [5.41, 5.74) is 6.21. The van der Waals surface area contributed by atoms with Gasteiger partial charge in [-0.3, -0.25) is 20.4 Å². The molecule has 140 valence electrons. The highest BCUT2D eigenvalue weighted by Crippen LogP contribution is 2.25. The summed E-state index contributed by atoms with van der Waals surface area (Å²) < 4.78 is 18.8. The first-order valence-electron chi connectivity index (χ1n) is 8.00. The van der Waals surface area contributed by atoms with Crippen LogP contribution in [-0.4, -0.2) is 22.9 Å². The topological polar surface area (TPSA) is 80.3 Å². The van der Waals surface area contributed by atoms with E-state index < -0.39 is 23.7 Å². The predicted octanol–water partition coefficient (Wildman–Crippen LogP) is 3.17. The van der Waals surface area contributed by atoms with Gasteiger partial charge in [0.15, 0.2) is 17.7 Å². The molecule has 2 N–H and O–H groups in total. The van der Waals surface area contributed by atoms with Gasteiger partial charge in [0.05, 0.1) is 12.1 Å². The second kappa shape index (κ2) is 8.74. The SMILES string of the molecule is CC(Oc1ccccc1F)C(=O)NNC(=O)Cc1csc(-c2ccsc2)n1. The molecule has 2 aromatic heterocycles. The molecule has 6 nitrogen and oxygen atoms in total. The van der Waals surface area contributed by atoms with Gasteiger partial charge in [-0.2, -0.15) is 11.3 Å². The van der Waals surface area contributed by atoms with Crippen molar-refractivity contribution in [1.29, 1.82) is 0 Å². The van der Waals surface area contributed by atoms with E-state index in [1.165, 1.54) is 36.5 Å². The Labute approximate surface area is 163 Å². The van der Waals surface area contributed by atoms with Crippen molar-refractivity contribution in [3.05, 3.63) is 58.0 Å². The predicted molar refractivity (Wildman–Crippen MR) is 102 cm³/mol. The first kappa shape index (κ1) is 19.0. The molecule has 1 atom stereocenters. The van der Waals surface area contributed by atoms with E-state index in [4.69, 9.17) is 4.74 Å². The number of thiophene rings is 1. The normalized spacial score (nSPS) is 11.6. The fraction of sp³-hybridized carbons (Fsp3) is 0.167. The number of hydrogen-bond donors (Lipinski definition) is 2. The molecule has 9 heteroatoms. The largest absolute Gasteiger partial charge is 0.478 e. The molecule has 0 saturated carbocycles. The Morgan fingerprint density at radius 1 is 1.22 bits per heavy atom. The summed E-state index contributed by atoms with van der Waals surface area (Å²) in [6, 6.07) is 7.74. The van der Waals surface area contributed by atoms with E-state index in [0.717, 1.165) is 10.6 Å². The van der Waals surface area contributed by atoms with Crippen LogP contribution in [0, 0.1) is 5.82 Å². The number of hydrazine groups is 1. The lowest BCUT2D eigenvalue weighted by Crippen LogP contribution is -2.47. The van der Waals surface area contributed by atoms with E-state index in [9.17, 15) is 14.0 Å². The van der Waals surface area contributed by atoms with Crippen molar-refractivity contribution < 1.29 is 18.7 Å². The summed E-state index contributed by atoms with van der Waals surface area (Å²) in [6.45, 7) is 1.46. The molecule has 2 amide bonds. The van der Waals surface area contributed by atoms with Crippen molar-refractivity contribution in [2.75, 3.05) is 0 Å². The van der Waals surface area contributed by atoms with Crippen molar-refractivity contribution in [2.24, 2.45) is 0 Å². The van der Waals surface area contributed by atoms with Crippen molar-refractivity contribution in [2.45, 2.75) is 19.4 Å². The van der Waals surface area contributed by atoms with Gasteiger partial charge >= 0.3 is 0 Å². The summed E-state index contributed by atoms with van der Waals surface area (Å²) in [4.78, 5) is 28.4. The zero-order chi connectivity index (χ0) is 19.2. The molecular weight excluding hydrogens is 389 g/mol. The Kier molecular flexibility index (Phi) is 6.15. The average molecular weight is 405 g/mol. The summed E-state index contributed by atoms with van der Waals surface area (Å²) in [5, 5.41) is 6.59. The Morgan fingerprint density at radius 2 is 2.04 bits per heavy atom. The highest BCUT2D eigenvalue weighted by Gasteiger charge is 2.17. The molecule has 2 heterocycles. The number of ether oxygens (including phenoxy) is 1. The number of aromatic nitrogens is 1. The summed E-state index contributed by atoms with van der Waals surface area (Å²) in [5.74, 6) is -1.60. The standard InChI is InChI=1S/C18H16FN3O3S2/c1-11(25-15-5-3-2-4-14(15)19)17(24)22-21-16(23)8-13-10-27-18(20-13)12-6-7-26-9-12/h2-7,9-11H,8H2,1H3,(H,21,23)(H,22,24). The molecule has 27 heavy (non-hydrogen) atoms. The molecule has 0 aliphatic heterocycles. The quantitative estimate of drug-likeness (QED) is 0.618. The second-order valence-corrected chi connectivity index (χ2v) is 7.20. The molecule has 1 aromatic carbocycles. The van der Waals surface area contributed by atoms with E-state index in [2.05, 4.69) is 15.8 Å². The molecule has 0 aliphatic carbocycles. The average Bonchev–Trinajstić information content (AvgIpc) is 3.33. The van der Waals surface area contributed by atoms with Crippen LogP contribution >= 0.6 is 22.7 Å². The van der Waals surface area contributed by atoms with Gasteiger partial charge in [0.2, 0.25) is 5.91 Å². The maximum absolute atomic E-state index is 13.5. The zero-order valence-electron chi connectivity index (χ0n) is 14.3. The molecule has 0 fully saturated rings. The Balaban J connectivity index is 1.47. The number of carbonyl (C=O) groups is 2. The number of rotatable bonds is 6. The third-order valence-corrected chi connectivity index (χ3v) is 5.12. The third kappa shape index (κ3) is 5.11. The lowest BCUT2D eigenvalue weighted by atomic mass is 10.3. The van der Waals surface area contributed by atoms with Crippen LogP contribution < -0.4 is 15.6 Å². The summed E-state index contributed by atoms with van der Waals surface area (Å²) in [7, 11) is 0. The minimum absolute atomic E-state index is 0.0312. The van der Waals surface area contributed by atoms with Crippen LogP contribution in [0.2, 0.25) is 0 Å². The molecular formula is C18H16FN3O3S2. The van der Waals surface area contributed by atoms with Crippen LogP contribution in [-0.2, 0) is 16.0 Å². The number of nitrogens with one attached hydrogen (secondary N) is 2. The molecule has 1 unspecified atom stereocenters. The minimum atomic E-state index is -0.980. The van der Waals surface area contributed by atoms with Gasteiger partial charge in [0, 0.05) is 16.3 Å². The molecule has 3 aromatic rings. The number of halogens is 1. The summed E-state index contributed by atoms with van der Waals surface area (Å²) in [6.07, 6.45) is -0.949. The van der Waals surface area contributed by atoms with Crippen LogP contribution in [0.3, 0.4) is 0 Å². The molecule has 0 bridgehead atoms. The van der Waals surface area contributed by atoms with E-state index in [1.54, 1.807) is 22.8 Å². The highest BCUT2D eigenvalue weighted by molar-refractivity contribution is 7.14. The molecule has 3 rings (SSSR count). The van der Waals surface area contributed by atoms with Crippen molar-refractivity contribution in [1.82, 2.24) is 15.8 Å². The van der Waals surface area contributed by atoms with Gasteiger partial charge in [-0.1, -0.05) is 12.1 Å². The number of thiazole rings is 1. The number of hydrogen-bond acceptors (Lipinski definition) is 6. The Bertz CT molecular complexity index is 928. The monoisotopic (exact) mass is 405 g/mol. The molecule has 0 saturated heterocycles. The van der Waals surface area contributed by atoms with E-state index in [0.29, 0.717) is 5.69 Å². The number of benzene rings is 1. The Morgan fingerprint density at radius 3 is 2.78 bits per heavy atom. The second-order valence-electron chi connectivity index (χ2n) is 5.56. The lowest BCUT2D eigenvalue weighted by Gasteiger charge is -2.15. The Hall–Kier alpha value is -2.78. The highest BCUT2D eigenvalue weighted by atomic mass is 32.1.